The number of amides is 1. The maximum atomic E-state index is 12.3. The molecular formula is C20H18N4O4S. The quantitative estimate of drug-likeness (QED) is 0.445. The van der Waals surface area contributed by atoms with Crippen molar-refractivity contribution in [3.8, 4) is 23.0 Å². The molecule has 0 aliphatic rings. The minimum absolute atomic E-state index is 0.120. The van der Waals surface area contributed by atoms with Gasteiger partial charge in [0.05, 0.1) is 25.5 Å². The normalized spacial score (nSPS) is 10.8. The average molecular weight is 410 g/mol. The van der Waals surface area contributed by atoms with Gasteiger partial charge < -0.3 is 24.2 Å². The van der Waals surface area contributed by atoms with Crippen molar-refractivity contribution in [2.45, 2.75) is 5.22 Å². The first-order chi connectivity index (χ1) is 14.2. The van der Waals surface area contributed by atoms with Crippen LogP contribution in [0.1, 0.15) is 0 Å². The van der Waals surface area contributed by atoms with E-state index in [1.54, 1.807) is 32.4 Å². The number of anilines is 1. The maximum Gasteiger partial charge on any atom is 0.277 e. The van der Waals surface area contributed by atoms with E-state index in [-0.39, 0.29) is 11.7 Å². The van der Waals surface area contributed by atoms with Crippen LogP contribution in [0.15, 0.2) is 58.3 Å². The Balaban J connectivity index is 1.40. The van der Waals surface area contributed by atoms with Crippen molar-refractivity contribution < 1.29 is 18.7 Å². The van der Waals surface area contributed by atoms with Gasteiger partial charge in [0.15, 0.2) is 0 Å². The van der Waals surface area contributed by atoms with E-state index in [0.717, 1.165) is 16.5 Å². The third-order valence-electron chi connectivity index (χ3n) is 4.19. The zero-order valence-corrected chi connectivity index (χ0v) is 16.6. The topological polar surface area (TPSA) is 102 Å². The van der Waals surface area contributed by atoms with Crippen molar-refractivity contribution in [2.24, 2.45) is 0 Å². The second-order valence-electron chi connectivity index (χ2n) is 6.06. The lowest BCUT2D eigenvalue weighted by atomic mass is 10.2. The van der Waals surface area contributed by atoms with Gasteiger partial charge in [-0.15, -0.1) is 10.2 Å². The largest absolute Gasteiger partial charge is 0.497 e. The van der Waals surface area contributed by atoms with Gasteiger partial charge in [-0.05, 0) is 6.07 Å². The fourth-order valence-electron chi connectivity index (χ4n) is 2.83. The van der Waals surface area contributed by atoms with Crippen LogP contribution in [0.2, 0.25) is 0 Å². The molecule has 2 heterocycles. The van der Waals surface area contributed by atoms with Gasteiger partial charge in [-0.1, -0.05) is 30.0 Å². The van der Waals surface area contributed by atoms with E-state index in [0.29, 0.717) is 28.3 Å². The van der Waals surface area contributed by atoms with Gasteiger partial charge in [0, 0.05) is 41.0 Å². The summed E-state index contributed by atoms with van der Waals surface area (Å²) in [6.45, 7) is 0. The predicted molar refractivity (Wildman–Crippen MR) is 110 cm³/mol. The molecule has 0 saturated heterocycles. The van der Waals surface area contributed by atoms with Crippen molar-refractivity contribution >= 4 is 34.3 Å². The number of hydrogen-bond donors (Lipinski definition) is 2. The highest BCUT2D eigenvalue weighted by Crippen LogP contribution is 2.30. The number of carbonyl (C=O) groups excluding carboxylic acids is 1. The molecule has 1 amide bonds. The number of rotatable bonds is 7. The van der Waals surface area contributed by atoms with Crippen LogP contribution in [-0.4, -0.2) is 41.1 Å². The van der Waals surface area contributed by atoms with Crippen molar-refractivity contribution in [3.05, 3.63) is 48.7 Å². The monoisotopic (exact) mass is 410 g/mol. The molecule has 2 aromatic carbocycles. The second kappa shape index (κ2) is 8.27. The van der Waals surface area contributed by atoms with Crippen LogP contribution in [0.25, 0.3) is 22.4 Å². The lowest BCUT2D eigenvalue weighted by molar-refractivity contribution is -0.113. The molecular weight excluding hydrogens is 392 g/mol. The number of hydrogen-bond acceptors (Lipinski definition) is 7. The summed E-state index contributed by atoms with van der Waals surface area (Å²) in [6, 6.07) is 13.0. The molecule has 8 nitrogen and oxygen atoms in total. The molecule has 2 N–H and O–H groups in total. The van der Waals surface area contributed by atoms with E-state index in [9.17, 15) is 4.79 Å². The molecule has 0 radical (unpaired) electrons. The molecule has 0 unspecified atom stereocenters. The number of thioether (sulfide) groups is 1. The SMILES string of the molecule is COc1cc(NC(=O)CSc2nnc(-c3c[nH]c4ccccc34)o2)cc(OC)c1. The zero-order valence-electron chi connectivity index (χ0n) is 15.8. The van der Waals surface area contributed by atoms with Crippen LogP contribution in [-0.2, 0) is 4.79 Å². The first-order valence-corrected chi connectivity index (χ1v) is 9.70. The van der Waals surface area contributed by atoms with Gasteiger partial charge in [-0.3, -0.25) is 4.79 Å². The molecule has 148 valence electrons. The van der Waals surface area contributed by atoms with Crippen LogP contribution in [0.3, 0.4) is 0 Å². The molecule has 2 aromatic heterocycles. The Labute approximate surface area is 170 Å². The van der Waals surface area contributed by atoms with E-state index in [4.69, 9.17) is 13.9 Å². The summed E-state index contributed by atoms with van der Waals surface area (Å²) in [5.74, 6) is 1.50. The zero-order chi connectivity index (χ0) is 20.2. The molecule has 0 bridgehead atoms. The van der Waals surface area contributed by atoms with Gasteiger partial charge in [-0.2, -0.15) is 0 Å². The van der Waals surface area contributed by atoms with Crippen LogP contribution in [0, 0.1) is 0 Å². The third-order valence-corrected chi connectivity index (χ3v) is 5.01. The number of ether oxygens (including phenoxy) is 2. The first-order valence-electron chi connectivity index (χ1n) is 8.72. The lowest BCUT2D eigenvalue weighted by Gasteiger charge is -2.09. The van der Waals surface area contributed by atoms with Gasteiger partial charge in [-0.25, -0.2) is 0 Å². The molecule has 0 aliphatic heterocycles. The Morgan fingerprint density at radius 1 is 1.14 bits per heavy atom. The number of methoxy groups -OCH3 is 2. The fraction of sp³-hybridized carbons (Fsp3) is 0.150. The number of aromatic nitrogens is 3. The highest BCUT2D eigenvalue weighted by molar-refractivity contribution is 7.99. The van der Waals surface area contributed by atoms with Crippen molar-refractivity contribution in [2.75, 3.05) is 25.3 Å². The lowest BCUT2D eigenvalue weighted by Crippen LogP contribution is -2.14. The average Bonchev–Trinajstić information content (AvgIpc) is 3.38. The highest BCUT2D eigenvalue weighted by Gasteiger charge is 2.15. The third kappa shape index (κ3) is 4.19. The molecule has 29 heavy (non-hydrogen) atoms. The molecule has 0 atom stereocenters. The summed E-state index contributed by atoms with van der Waals surface area (Å²) >= 11 is 1.17. The summed E-state index contributed by atoms with van der Waals surface area (Å²) in [5, 5.41) is 12.2. The summed E-state index contributed by atoms with van der Waals surface area (Å²) in [7, 11) is 3.11. The first kappa shape index (κ1) is 18.9. The number of nitrogens with zero attached hydrogens (tertiary/aromatic N) is 2. The van der Waals surface area contributed by atoms with E-state index >= 15 is 0 Å². The molecule has 0 saturated carbocycles. The summed E-state index contributed by atoms with van der Waals surface area (Å²) in [4.78, 5) is 15.5. The number of carbonyl (C=O) groups is 1. The summed E-state index contributed by atoms with van der Waals surface area (Å²) in [6.07, 6.45) is 1.83. The number of H-pyrrole nitrogens is 1. The van der Waals surface area contributed by atoms with Gasteiger partial charge in [0.1, 0.15) is 11.5 Å². The van der Waals surface area contributed by atoms with Gasteiger partial charge in [0.25, 0.3) is 11.1 Å². The van der Waals surface area contributed by atoms with Crippen LogP contribution in [0.5, 0.6) is 11.5 Å². The minimum atomic E-state index is -0.211. The molecule has 4 rings (SSSR count). The van der Waals surface area contributed by atoms with Crippen LogP contribution < -0.4 is 14.8 Å². The Morgan fingerprint density at radius 3 is 2.66 bits per heavy atom. The molecule has 4 aromatic rings. The van der Waals surface area contributed by atoms with Gasteiger partial charge >= 0.3 is 0 Å². The molecule has 9 heteroatoms. The number of aromatic amines is 1. The Kier molecular flexibility index (Phi) is 5.39. The van der Waals surface area contributed by atoms with Crippen molar-refractivity contribution in [3.63, 3.8) is 0 Å². The van der Waals surface area contributed by atoms with Crippen molar-refractivity contribution in [1.29, 1.82) is 0 Å². The van der Waals surface area contributed by atoms with E-state index in [1.165, 1.54) is 11.8 Å². The van der Waals surface area contributed by atoms with Crippen molar-refractivity contribution in [1.82, 2.24) is 15.2 Å². The standard InChI is InChI=1S/C20H18N4O4S/c1-26-13-7-12(8-14(9-13)27-2)22-18(25)11-29-20-24-23-19(28-20)16-10-21-17-6-4-3-5-15(16)17/h3-10,21H,11H2,1-2H3,(H,22,25). The second-order valence-corrected chi connectivity index (χ2v) is 6.99. The minimum Gasteiger partial charge on any atom is -0.497 e. The van der Waals surface area contributed by atoms with E-state index < -0.39 is 0 Å². The number of benzene rings is 2. The fourth-order valence-corrected chi connectivity index (χ4v) is 3.39. The molecule has 0 spiro atoms. The number of para-hydroxylation sites is 1. The Bertz CT molecular complexity index is 1130. The molecule has 0 aliphatic carbocycles. The summed E-state index contributed by atoms with van der Waals surface area (Å²) in [5.41, 5.74) is 2.40. The summed E-state index contributed by atoms with van der Waals surface area (Å²) < 4.78 is 16.1. The molecule has 0 fully saturated rings. The predicted octanol–water partition coefficient (Wildman–Crippen LogP) is 3.97. The maximum absolute atomic E-state index is 12.3. The Morgan fingerprint density at radius 2 is 1.90 bits per heavy atom. The van der Waals surface area contributed by atoms with E-state index in [2.05, 4.69) is 20.5 Å². The highest BCUT2D eigenvalue weighted by atomic mass is 32.2. The Hall–Kier alpha value is -3.46. The van der Waals surface area contributed by atoms with E-state index in [1.807, 2.05) is 30.5 Å². The van der Waals surface area contributed by atoms with Gasteiger partial charge in [0.2, 0.25) is 5.91 Å². The number of nitrogens with one attached hydrogen (secondary N) is 2. The number of fused-ring (bicyclic) bond motifs is 1. The van der Waals surface area contributed by atoms with Crippen LogP contribution in [0.4, 0.5) is 5.69 Å². The smallest absolute Gasteiger partial charge is 0.277 e. The van der Waals surface area contributed by atoms with Crippen LogP contribution >= 0.6 is 11.8 Å².